The third-order valence-corrected chi connectivity index (χ3v) is 4.13. The lowest BCUT2D eigenvalue weighted by Crippen LogP contribution is -2.37. The maximum atomic E-state index is 12.1. The zero-order valence-electron chi connectivity index (χ0n) is 15.7. The molecule has 0 heterocycles. The molecule has 0 aliphatic rings. The van der Waals surface area contributed by atoms with Crippen LogP contribution < -0.4 is 5.32 Å². The highest BCUT2D eigenvalue weighted by atomic mass is 16.6. The largest absolute Gasteiger partial charge is 0.449 e. The summed E-state index contributed by atoms with van der Waals surface area (Å²) >= 11 is 0. The first kappa shape index (κ1) is 20.8. The van der Waals surface area contributed by atoms with Gasteiger partial charge in [-0.1, -0.05) is 37.3 Å². The Balaban J connectivity index is 1.80. The molecule has 0 saturated heterocycles. The number of nitrogens with one attached hydrogen (secondary N) is 1. The van der Waals surface area contributed by atoms with Crippen LogP contribution in [0.25, 0.3) is 6.08 Å². The minimum absolute atomic E-state index is 0.0326. The SMILES string of the molecule is C[C@H](OC(=O)/C=C/c1ccc([N+](=O)[O-])cc1)C(=O)NC[C@H](C)c1ccccc1. The van der Waals surface area contributed by atoms with Crippen LogP contribution in [0.15, 0.2) is 60.7 Å². The van der Waals surface area contributed by atoms with Gasteiger partial charge in [-0.3, -0.25) is 14.9 Å². The molecule has 1 amide bonds. The zero-order chi connectivity index (χ0) is 20.5. The van der Waals surface area contributed by atoms with Gasteiger partial charge in [0, 0.05) is 24.8 Å². The fourth-order valence-electron chi connectivity index (χ4n) is 2.44. The van der Waals surface area contributed by atoms with Gasteiger partial charge in [0.05, 0.1) is 4.92 Å². The first-order chi connectivity index (χ1) is 13.4. The summed E-state index contributed by atoms with van der Waals surface area (Å²) in [6.45, 7) is 3.93. The molecule has 2 aromatic rings. The third kappa shape index (κ3) is 6.35. The van der Waals surface area contributed by atoms with Crippen LogP contribution in [-0.2, 0) is 14.3 Å². The lowest BCUT2D eigenvalue weighted by Gasteiger charge is -2.16. The second-order valence-corrected chi connectivity index (χ2v) is 6.32. The van der Waals surface area contributed by atoms with Crippen molar-refractivity contribution < 1.29 is 19.2 Å². The quantitative estimate of drug-likeness (QED) is 0.326. The number of benzene rings is 2. The minimum atomic E-state index is -0.933. The van der Waals surface area contributed by atoms with Gasteiger partial charge in [-0.15, -0.1) is 0 Å². The summed E-state index contributed by atoms with van der Waals surface area (Å²) in [6.07, 6.45) is 1.71. The number of carbonyl (C=O) groups is 2. The van der Waals surface area contributed by atoms with Crippen molar-refractivity contribution in [3.05, 3.63) is 81.9 Å². The van der Waals surface area contributed by atoms with E-state index < -0.39 is 17.0 Å². The molecule has 0 aromatic heterocycles. The fraction of sp³-hybridized carbons (Fsp3) is 0.238. The van der Waals surface area contributed by atoms with Gasteiger partial charge in [-0.25, -0.2) is 4.79 Å². The Kier molecular flexibility index (Phi) is 7.45. The summed E-state index contributed by atoms with van der Waals surface area (Å²) in [5.74, 6) is -0.910. The molecule has 2 atom stereocenters. The molecule has 2 aromatic carbocycles. The smallest absolute Gasteiger partial charge is 0.331 e. The molecule has 0 aliphatic heterocycles. The Labute approximate surface area is 163 Å². The van der Waals surface area contributed by atoms with Crippen LogP contribution in [0.1, 0.15) is 30.9 Å². The van der Waals surface area contributed by atoms with Crippen molar-refractivity contribution in [1.29, 1.82) is 0 Å². The van der Waals surface area contributed by atoms with Crippen LogP contribution in [0.5, 0.6) is 0 Å². The Morgan fingerprint density at radius 2 is 1.75 bits per heavy atom. The van der Waals surface area contributed by atoms with Crippen LogP contribution >= 0.6 is 0 Å². The number of rotatable bonds is 8. The summed E-state index contributed by atoms with van der Waals surface area (Å²) in [7, 11) is 0. The second kappa shape index (κ2) is 10.0. The van der Waals surface area contributed by atoms with E-state index in [1.54, 1.807) is 0 Å². The van der Waals surface area contributed by atoms with E-state index in [1.165, 1.54) is 43.3 Å². The molecule has 0 bridgehead atoms. The van der Waals surface area contributed by atoms with Crippen LogP contribution in [0.3, 0.4) is 0 Å². The Morgan fingerprint density at radius 1 is 1.11 bits per heavy atom. The van der Waals surface area contributed by atoms with Gasteiger partial charge < -0.3 is 10.1 Å². The van der Waals surface area contributed by atoms with E-state index in [0.29, 0.717) is 12.1 Å². The van der Waals surface area contributed by atoms with Gasteiger partial charge in [-0.2, -0.15) is 0 Å². The molecule has 1 N–H and O–H groups in total. The molecule has 0 aliphatic carbocycles. The molecule has 0 fully saturated rings. The van der Waals surface area contributed by atoms with E-state index in [9.17, 15) is 19.7 Å². The number of hydrogen-bond donors (Lipinski definition) is 1. The summed E-state index contributed by atoms with van der Waals surface area (Å²) in [5.41, 5.74) is 1.68. The van der Waals surface area contributed by atoms with Crippen molar-refractivity contribution in [2.45, 2.75) is 25.9 Å². The molecule has 7 heteroatoms. The first-order valence-corrected chi connectivity index (χ1v) is 8.82. The van der Waals surface area contributed by atoms with E-state index in [4.69, 9.17) is 4.74 Å². The van der Waals surface area contributed by atoms with Gasteiger partial charge in [-0.05, 0) is 42.2 Å². The van der Waals surface area contributed by atoms with Gasteiger partial charge >= 0.3 is 5.97 Å². The molecule has 0 saturated carbocycles. The van der Waals surface area contributed by atoms with E-state index >= 15 is 0 Å². The van der Waals surface area contributed by atoms with Gasteiger partial charge in [0.15, 0.2) is 6.10 Å². The van der Waals surface area contributed by atoms with Crippen molar-refractivity contribution >= 4 is 23.6 Å². The zero-order valence-corrected chi connectivity index (χ0v) is 15.7. The van der Waals surface area contributed by atoms with Crippen LogP contribution in [0, 0.1) is 10.1 Å². The summed E-state index contributed by atoms with van der Waals surface area (Å²) in [5, 5.41) is 13.4. The molecule has 7 nitrogen and oxygen atoms in total. The summed E-state index contributed by atoms with van der Waals surface area (Å²) < 4.78 is 5.09. The van der Waals surface area contributed by atoms with Gasteiger partial charge in [0.1, 0.15) is 0 Å². The lowest BCUT2D eigenvalue weighted by molar-refractivity contribution is -0.384. The topological polar surface area (TPSA) is 98.5 Å². The predicted molar refractivity (Wildman–Crippen MR) is 106 cm³/mol. The van der Waals surface area contributed by atoms with Crippen LogP contribution in [-0.4, -0.2) is 29.4 Å². The highest BCUT2D eigenvalue weighted by Gasteiger charge is 2.17. The standard InChI is InChI=1S/C21H22N2O5/c1-15(18-6-4-3-5-7-18)14-22-21(25)16(2)28-20(24)13-10-17-8-11-19(12-9-17)23(26)27/h3-13,15-16H,14H2,1-2H3,(H,22,25)/b13-10+/t15-,16-/m0/s1. The van der Waals surface area contributed by atoms with Crippen molar-refractivity contribution in [1.82, 2.24) is 5.32 Å². The number of esters is 1. The fourth-order valence-corrected chi connectivity index (χ4v) is 2.44. The molecule has 28 heavy (non-hydrogen) atoms. The highest BCUT2D eigenvalue weighted by molar-refractivity contribution is 5.90. The number of carbonyl (C=O) groups excluding carboxylic acids is 2. The summed E-state index contributed by atoms with van der Waals surface area (Å²) in [6, 6.07) is 15.5. The number of nitrogens with zero attached hydrogens (tertiary/aromatic N) is 1. The maximum Gasteiger partial charge on any atom is 0.331 e. The number of nitro groups is 1. The molecule has 0 spiro atoms. The Morgan fingerprint density at radius 3 is 2.36 bits per heavy atom. The van der Waals surface area contributed by atoms with Crippen molar-refractivity contribution in [3.8, 4) is 0 Å². The number of ether oxygens (including phenoxy) is 1. The van der Waals surface area contributed by atoms with Crippen molar-refractivity contribution in [2.24, 2.45) is 0 Å². The number of hydrogen-bond acceptors (Lipinski definition) is 5. The monoisotopic (exact) mass is 382 g/mol. The molecule has 146 valence electrons. The summed E-state index contributed by atoms with van der Waals surface area (Å²) in [4.78, 5) is 34.1. The molecular formula is C21H22N2O5. The lowest BCUT2D eigenvalue weighted by atomic mass is 10.0. The van der Waals surface area contributed by atoms with Crippen LogP contribution in [0.4, 0.5) is 5.69 Å². The molecule has 0 radical (unpaired) electrons. The van der Waals surface area contributed by atoms with E-state index in [1.807, 2.05) is 37.3 Å². The minimum Gasteiger partial charge on any atom is -0.449 e. The average molecular weight is 382 g/mol. The number of amides is 1. The van der Waals surface area contributed by atoms with Gasteiger partial charge in [0.2, 0.25) is 0 Å². The third-order valence-electron chi connectivity index (χ3n) is 4.13. The van der Waals surface area contributed by atoms with Crippen molar-refractivity contribution in [3.63, 3.8) is 0 Å². The van der Waals surface area contributed by atoms with E-state index in [0.717, 1.165) is 5.56 Å². The van der Waals surface area contributed by atoms with E-state index in [-0.39, 0.29) is 17.5 Å². The average Bonchev–Trinajstić information content (AvgIpc) is 2.71. The molecule has 0 unspecified atom stereocenters. The molecule has 2 rings (SSSR count). The Bertz CT molecular complexity index is 847. The van der Waals surface area contributed by atoms with Gasteiger partial charge in [0.25, 0.3) is 11.6 Å². The number of nitro benzene ring substituents is 1. The Hall–Kier alpha value is -3.48. The molecular weight excluding hydrogens is 360 g/mol. The van der Waals surface area contributed by atoms with E-state index in [2.05, 4.69) is 5.32 Å². The highest BCUT2D eigenvalue weighted by Crippen LogP contribution is 2.14. The second-order valence-electron chi connectivity index (χ2n) is 6.32. The van der Waals surface area contributed by atoms with Crippen molar-refractivity contribution in [2.75, 3.05) is 6.54 Å². The predicted octanol–water partition coefficient (Wildman–Crippen LogP) is 3.46. The normalized spacial score (nSPS) is 12.9. The number of non-ortho nitro benzene ring substituents is 1. The maximum absolute atomic E-state index is 12.1. The first-order valence-electron chi connectivity index (χ1n) is 8.82. The van der Waals surface area contributed by atoms with Crippen LogP contribution in [0.2, 0.25) is 0 Å².